The highest BCUT2D eigenvalue weighted by Gasteiger charge is 2.12. The van der Waals surface area contributed by atoms with E-state index in [9.17, 15) is 0 Å². The molecule has 0 atom stereocenters. The Balaban J connectivity index is 2.19. The van der Waals surface area contributed by atoms with Crippen LogP contribution in [-0.2, 0) is 13.7 Å². The minimum absolute atomic E-state index is 0.326. The monoisotopic (exact) mass is 348 g/mol. The normalized spacial score (nSPS) is 10.7. The van der Waals surface area contributed by atoms with E-state index < -0.39 is 0 Å². The molecule has 0 radical (unpaired) electrons. The van der Waals surface area contributed by atoms with Gasteiger partial charge in [-0.05, 0) is 25.1 Å². The molecule has 0 aliphatic rings. The first-order valence-electron chi connectivity index (χ1n) is 5.25. The molecule has 6 heteroatoms. The fourth-order valence-electron chi connectivity index (χ4n) is 1.57. The minimum Gasteiger partial charge on any atom is -0.486 e. The van der Waals surface area contributed by atoms with Gasteiger partial charge in [0.05, 0.1) is 21.4 Å². The van der Waals surface area contributed by atoms with Gasteiger partial charge in [0.1, 0.15) is 12.4 Å². The predicted molar refractivity (Wildman–Crippen MR) is 76.4 cm³/mol. The molecule has 0 unspecified atom stereocenters. The van der Waals surface area contributed by atoms with E-state index in [1.165, 1.54) is 0 Å². The summed E-state index contributed by atoms with van der Waals surface area (Å²) < 4.78 is 8.29. The maximum atomic E-state index is 6.15. The zero-order valence-corrected chi connectivity index (χ0v) is 13.0. The van der Waals surface area contributed by atoms with Gasteiger partial charge in [-0.2, -0.15) is 5.10 Å². The highest BCUT2D eigenvalue weighted by atomic mass is 79.9. The Bertz CT molecular complexity index is 584. The molecular weight excluding hydrogens is 339 g/mol. The third-order valence-electron chi connectivity index (χ3n) is 2.52. The van der Waals surface area contributed by atoms with Crippen LogP contribution in [0.3, 0.4) is 0 Å². The fourth-order valence-corrected chi connectivity index (χ4v) is 2.30. The van der Waals surface area contributed by atoms with Crippen LogP contribution >= 0.6 is 39.1 Å². The van der Waals surface area contributed by atoms with Gasteiger partial charge in [-0.25, -0.2) is 0 Å². The smallest absolute Gasteiger partial charge is 0.139 e. The highest BCUT2D eigenvalue weighted by Crippen LogP contribution is 2.29. The summed E-state index contributed by atoms with van der Waals surface area (Å²) in [6, 6.07) is 5.45. The van der Waals surface area contributed by atoms with Crippen LogP contribution in [0.2, 0.25) is 10.0 Å². The van der Waals surface area contributed by atoms with E-state index in [4.69, 9.17) is 27.9 Å². The third-order valence-corrected chi connectivity index (χ3v) is 3.82. The molecule has 0 amide bonds. The van der Waals surface area contributed by atoms with Crippen molar-refractivity contribution in [1.82, 2.24) is 9.78 Å². The van der Waals surface area contributed by atoms with Gasteiger partial charge in [-0.1, -0.05) is 39.1 Å². The summed E-state index contributed by atoms with van der Waals surface area (Å²) in [5.74, 6) is 0.612. The summed E-state index contributed by atoms with van der Waals surface area (Å²) in [5.41, 5.74) is 1.61. The van der Waals surface area contributed by atoms with Crippen LogP contribution in [-0.4, -0.2) is 9.78 Å². The predicted octanol–water partition coefficient (Wildman–Crippen LogP) is 4.38. The standard InChI is InChI=1S/C12H11BrCl2N2O/c1-7-12(15)10(17(2)16-7)6-18-11-5-8(13)3-4-9(11)14/h3-5H,6H2,1-2H3. The molecule has 0 aliphatic heterocycles. The average molecular weight is 350 g/mol. The van der Waals surface area contributed by atoms with Crippen molar-refractivity contribution in [3.8, 4) is 5.75 Å². The molecule has 0 saturated carbocycles. The van der Waals surface area contributed by atoms with Crippen LogP contribution in [0.25, 0.3) is 0 Å². The molecule has 0 spiro atoms. The van der Waals surface area contributed by atoms with Gasteiger partial charge < -0.3 is 4.74 Å². The SMILES string of the molecule is Cc1nn(C)c(COc2cc(Br)ccc2Cl)c1Cl. The Morgan fingerprint density at radius 3 is 2.72 bits per heavy atom. The van der Waals surface area contributed by atoms with Gasteiger partial charge in [0.15, 0.2) is 0 Å². The molecule has 1 aromatic carbocycles. The number of rotatable bonds is 3. The summed E-state index contributed by atoms with van der Waals surface area (Å²) in [6.45, 7) is 2.18. The van der Waals surface area contributed by atoms with E-state index in [2.05, 4.69) is 21.0 Å². The number of halogens is 3. The lowest BCUT2D eigenvalue weighted by Gasteiger charge is -2.09. The second-order valence-corrected chi connectivity index (χ2v) is 5.53. The van der Waals surface area contributed by atoms with Crippen molar-refractivity contribution in [2.24, 2.45) is 7.05 Å². The zero-order chi connectivity index (χ0) is 13.3. The Hall–Kier alpha value is -0.710. The van der Waals surface area contributed by atoms with Gasteiger partial charge in [0.2, 0.25) is 0 Å². The van der Waals surface area contributed by atoms with Crippen LogP contribution in [0.1, 0.15) is 11.4 Å². The van der Waals surface area contributed by atoms with E-state index in [-0.39, 0.29) is 0 Å². The summed E-state index contributed by atoms with van der Waals surface area (Å²) in [6.07, 6.45) is 0. The van der Waals surface area contributed by atoms with Crippen LogP contribution in [0.5, 0.6) is 5.75 Å². The van der Waals surface area contributed by atoms with Crippen LogP contribution in [0.4, 0.5) is 0 Å². The summed E-state index contributed by atoms with van der Waals surface area (Å²) >= 11 is 15.6. The first-order chi connectivity index (χ1) is 8.49. The maximum Gasteiger partial charge on any atom is 0.139 e. The Morgan fingerprint density at radius 2 is 2.11 bits per heavy atom. The highest BCUT2D eigenvalue weighted by molar-refractivity contribution is 9.10. The number of aryl methyl sites for hydroxylation is 2. The zero-order valence-electron chi connectivity index (χ0n) is 9.88. The number of benzene rings is 1. The summed E-state index contributed by atoms with van der Waals surface area (Å²) in [5, 5.41) is 5.42. The van der Waals surface area contributed by atoms with Crippen molar-refractivity contribution < 1.29 is 4.74 Å². The van der Waals surface area contributed by atoms with Gasteiger partial charge in [-0.3, -0.25) is 4.68 Å². The molecule has 3 nitrogen and oxygen atoms in total. The van der Waals surface area contributed by atoms with Gasteiger partial charge >= 0.3 is 0 Å². The van der Waals surface area contributed by atoms with Crippen LogP contribution in [0.15, 0.2) is 22.7 Å². The fraction of sp³-hybridized carbons (Fsp3) is 0.250. The van der Waals surface area contributed by atoms with E-state index >= 15 is 0 Å². The molecule has 2 aromatic rings. The lowest BCUT2D eigenvalue weighted by Crippen LogP contribution is -2.03. The molecular formula is C12H11BrCl2N2O. The van der Waals surface area contributed by atoms with E-state index in [0.29, 0.717) is 22.4 Å². The van der Waals surface area contributed by atoms with Gasteiger partial charge in [0, 0.05) is 11.5 Å². The molecule has 0 aliphatic carbocycles. The molecule has 1 heterocycles. The molecule has 0 saturated heterocycles. The van der Waals surface area contributed by atoms with E-state index in [0.717, 1.165) is 15.9 Å². The molecule has 2 rings (SSSR count). The largest absolute Gasteiger partial charge is 0.486 e. The molecule has 18 heavy (non-hydrogen) atoms. The molecule has 1 aromatic heterocycles. The quantitative estimate of drug-likeness (QED) is 0.822. The van der Waals surface area contributed by atoms with Crippen molar-refractivity contribution in [2.45, 2.75) is 13.5 Å². The van der Waals surface area contributed by atoms with Crippen molar-refractivity contribution >= 4 is 39.1 Å². The second kappa shape index (κ2) is 5.51. The van der Waals surface area contributed by atoms with Crippen molar-refractivity contribution in [2.75, 3.05) is 0 Å². The number of hydrogen-bond acceptors (Lipinski definition) is 2. The molecule has 0 fully saturated rings. The lowest BCUT2D eigenvalue weighted by atomic mass is 10.3. The first-order valence-corrected chi connectivity index (χ1v) is 6.79. The Kier molecular flexibility index (Phi) is 4.20. The first kappa shape index (κ1) is 13.7. The molecule has 96 valence electrons. The lowest BCUT2D eigenvalue weighted by molar-refractivity contribution is 0.295. The summed E-state index contributed by atoms with van der Waals surface area (Å²) in [7, 11) is 1.83. The molecule has 0 N–H and O–H groups in total. The third kappa shape index (κ3) is 2.82. The maximum absolute atomic E-state index is 6.15. The van der Waals surface area contributed by atoms with Gasteiger partial charge in [-0.15, -0.1) is 0 Å². The average Bonchev–Trinajstić information content (AvgIpc) is 2.55. The number of ether oxygens (including phenoxy) is 1. The Morgan fingerprint density at radius 1 is 1.39 bits per heavy atom. The Labute approximate surface area is 124 Å². The number of hydrogen-bond donors (Lipinski definition) is 0. The van der Waals surface area contributed by atoms with Crippen molar-refractivity contribution in [3.63, 3.8) is 0 Å². The van der Waals surface area contributed by atoms with Crippen LogP contribution < -0.4 is 4.74 Å². The number of nitrogens with zero attached hydrogens (tertiary/aromatic N) is 2. The van der Waals surface area contributed by atoms with Crippen molar-refractivity contribution in [1.29, 1.82) is 0 Å². The topological polar surface area (TPSA) is 27.1 Å². The van der Waals surface area contributed by atoms with Crippen LogP contribution in [0, 0.1) is 6.92 Å². The molecule has 0 bridgehead atoms. The number of aromatic nitrogens is 2. The van der Waals surface area contributed by atoms with Crippen molar-refractivity contribution in [3.05, 3.63) is 44.1 Å². The minimum atomic E-state index is 0.326. The van der Waals surface area contributed by atoms with Gasteiger partial charge in [0.25, 0.3) is 0 Å². The van der Waals surface area contributed by atoms with E-state index in [1.54, 1.807) is 10.7 Å². The van der Waals surface area contributed by atoms with E-state index in [1.807, 2.05) is 26.1 Å². The summed E-state index contributed by atoms with van der Waals surface area (Å²) in [4.78, 5) is 0. The second-order valence-electron chi connectivity index (χ2n) is 3.83.